The lowest BCUT2D eigenvalue weighted by Crippen LogP contribution is -2.32. The molecular formula is C8H8F2N2O. The average Bonchev–Trinajstić information content (AvgIpc) is 2.04. The Hall–Kier alpha value is -1.65. The van der Waals surface area contributed by atoms with Crippen LogP contribution >= 0.6 is 0 Å². The summed E-state index contributed by atoms with van der Waals surface area (Å²) in [6.07, 6.45) is 0. The van der Waals surface area contributed by atoms with E-state index in [9.17, 15) is 8.78 Å². The van der Waals surface area contributed by atoms with E-state index < -0.39 is 23.1 Å². The van der Waals surface area contributed by atoms with Crippen LogP contribution in [-0.4, -0.2) is 10.9 Å². The third-order valence-electron chi connectivity index (χ3n) is 1.58. The van der Waals surface area contributed by atoms with Crippen LogP contribution in [0.25, 0.3) is 0 Å². The van der Waals surface area contributed by atoms with Gasteiger partial charge in [0, 0.05) is 0 Å². The first-order chi connectivity index (χ1) is 5.96. The zero-order chi connectivity index (χ0) is 10.1. The maximum Gasteiger partial charge on any atom is 0.332 e. The number of hydrogen-bond acceptors (Lipinski definition) is 2. The minimum Gasteiger partial charge on any atom is -0.507 e. The van der Waals surface area contributed by atoms with E-state index in [1.54, 1.807) is 0 Å². The molecule has 0 aromatic heterocycles. The molecule has 0 atom stereocenters. The van der Waals surface area contributed by atoms with Crippen LogP contribution in [0.1, 0.15) is 5.56 Å². The van der Waals surface area contributed by atoms with E-state index in [2.05, 4.69) is 0 Å². The van der Waals surface area contributed by atoms with Crippen molar-refractivity contribution in [3.8, 4) is 5.75 Å². The van der Waals surface area contributed by atoms with Crippen LogP contribution in [0.4, 0.5) is 8.78 Å². The largest absolute Gasteiger partial charge is 0.507 e. The molecule has 0 aliphatic rings. The van der Waals surface area contributed by atoms with Crippen molar-refractivity contribution >= 4 is 5.84 Å². The summed E-state index contributed by atoms with van der Waals surface area (Å²) in [5.41, 5.74) is 4.04. The normalized spacial score (nSPS) is 11.2. The first-order valence-corrected chi connectivity index (χ1v) is 3.47. The number of amidine groups is 1. The Bertz CT molecular complexity index is 339. The lowest BCUT2D eigenvalue weighted by molar-refractivity contribution is 0.0706. The van der Waals surface area contributed by atoms with E-state index in [4.69, 9.17) is 16.2 Å². The second-order valence-electron chi connectivity index (χ2n) is 2.51. The molecule has 4 N–H and O–H groups in total. The third kappa shape index (κ3) is 1.58. The van der Waals surface area contributed by atoms with Gasteiger partial charge in [0.2, 0.25) is 0 Å². The summed E-state index contributed by atoms with van der Waals surface area (Å²) in [4.78, 5) is 0. The molecule has 1 aromatic rings. The smallest absolute Gasteiger partial charge is 0.332 e. The van der Waals surface area contributed by atoms with Gasteiger partial charge < -0.3 is 10.8 Å². The molecule has 13 heavy (non-hydrogen) atoms. The number of aromatic hydroxyl groups is 1. The maximum absolute atomic E-state index is 13.0. The lowest BCUT2D eigenvalue weighted by atomic mass is 10.1. The molecule has 0 radical (unpaired) electrons. The van der Waals surface area contributed by atoms with Crippen LogP contribution in [0.2, 0.25) is 0 Å². The van der Waals surface area contributed by atoms with Crippen molar-refractivity contribution in [1.29, 1.82) is 5.41 Å². The summed E-state index contributed by atoms with van der Waals surface area (Å²) < 4.78 is 26.1. The fourth-order valence-electron chi connectivity index (χ4n) is 0.884. The predicted molar refractivity (Wildman–Crippen MR) is 43.9 cm³/mol. The molecule has 0 amide bonds. The fraction of sp³-hybridized carbons (Fsp3) is 0.125. The van der Waals surface area contributed by atoms with Crippen LogP contribution in [0.3, 0.4) is 0 Å². The van der Waals surface area contributed by atoms with Crippen molar-refractivity contribution in [2.45, 2.75) is 5.92 Å². The molecule has 0 aliphatic heterocycles. The quantitative estimate of drug-likeness (QED) is 0.483. The number of benzene rings is 1. The van der Waals surface area contributed by atoms with Crippen LogP contribution in [0.15, 0.2) is 24.3 Å². The highest BCUT2D eigenvalue weighted by atomic mass is 19.3. The summed E-state index contributed by atoms with van der Waals surface area (Å²) in [7, 11) is 0. The van der Waals surface area contributed by atoms with Gasteiger partial charge in [-0.2, -0.15) is 8.78 Å². The van der Waals surface area contributed by atoms with Gasteiger partial charge >= 0.3 is 5.92 Å². The number of alkyl halides is 2. The minimum atomic E-state index is -3.61. The van der Waals surface area contributed by atoms with Gasteiger partial charge in [0.25, 0.3) is 0 Å². The molecule has 3 nitrogen and oxygen atoms in total. The summed E-state index contributed by atoms with van der Waals surface area (Å²) in [6.45, 7) is 0. The van der Waals surface area contributed by atoms with Crippen molar-refractivity contribution in [2.24, 2.45) is 5.73 Å². The molecule has 0 bridgehead atoms. The van der Waals surface area contributed by atoms with E-state index in [0.717, 1.165) is 12.1 Å². The highest BCUT2D eigenvalue weighted by molar-refractivity contribution is 5.86. The number of para-hydroxylation sites is 1. The van der Waals surface area contributed by atoms with Crippen molar-refractivity contribution < 1.29 is 13.9 Å². The van der Waals surface area contributed by atoms with Gasteiger partial charge in [-0.15, -0.1) is 0 Å². The molecule has 0 fully saturated rings. The molecule has 5 heteroatoms. The van der Waals surface area contributed by atoms with Crippen molar-refractivity contribution in [2.75, 3.05) is 0 Å². The average molecular weight is 186 g/mol. The fourth-order valence-corrected chi connectivity index (χ4v) is 0.884. The lowest BCUT2D eigenvalue weighted by Gasteiger charge is -2.15. The van der Waals surface area contributed by atoms with Gasteiger partial charge in [-0.25, -0.2) is 0 Å². The second-order valence-corrected chi connectivity index (χ2v) is 2.51. The number of phenolic OH excluding ortho intramolecular Hbond substituents is 1. The van der Waals surface area contributed by atoms with Gasteiger partial charge in [0.15, 0.2) is 5.84 Å². The van der Waals surface area contributed by atoms with Crippen molar-refractivity contribution in [3.05, 3.63) is 29.8 Å². The molecule has 1 aromatic carbocycles. The molecule has 0 heterocycles. The molecule has 1 rings (SSSR count). The monoisotopic (exact) mass is 186 g/mol. The van der Waals surface area contributed by atoms with E-state index in [1.807, 2.05) is 0 Å². The number of nitrogens with one attached hydrogen (secondary N) is 1. The van der Waals surface area contributed by atoms with Crippen molar-refractivity contribution in [3.63, 3.8) is 0 Å². The van der Waals surface area contributed by atoms with E-state index in [0.29, 0.717) is 0 Å². The Morgan fingerprint density at radius 2 is 1.92 bits per heavy atom. The zero-order valence-electron chi connectivity index (χ0n) is 6.59. The van der Waals surface area contributed by atoms with Gasteiger partial charge in [0.1, 0.15) is 5.75 Å². The first kappa shape index (κ1) is 9.44. The molecular weight excluding hydrogens is 178 g/mol. The number of phenols is 1. The van der Waals surface area contributed by atoms with Crippen LogP contribution in [0, 0.1) is 5.41 Å². The van der Waals surface area contributed by atoms with Crippen LogP contribution in [0.5, 0.6) is 5.75 Å². The third-order valence-corrected chi connectivity index (χ3v) is 1.58. The molecule has 0 aliphatic carbocycles. The molecule has 0 saturated carbocycles. The highest BCUT2D eigenvalue weighted by Crippen LogP contribution is 2.33. The topological polar surface area (TPSA) is 70.1 Å². The number of nitrogens with two attached hydrogens (primary N) is 1. The number of hydrogen-bond donors (Lipinski definition) is 3. The zero-order valence-corrected chi connectivity index (χ0v) is 6.59. The Morgan fingerprint density at radius 1 is 1.38 bits per heavy atom. The Balaban J connectivity index is 3.22. The van der Waals surface area contributed by atoms with Gasteiger partial charge in [-0.1, -0.05) is 12.1 Å². The summed E-state index contributed by atoms with van der Waals surface area (Å²) in [5.74, 6) is -5.46. The summed E-state index contributed by atoms with van der Waals surface area (Å²) in [6, 6.07) is 4.89. The maximum atomic E-state index is 13.0. The predicted octanol–water partition coefficient (Wildman–Crippen LogP) is 1.42. The molecule has 0 unspecified atom stereocenters. The Kier molecular flexibility index (Phi) is 2.18. The number of halogens is 2. The molecule has 70 valence electrons. The van der Waals surface area contributed by atoms with Crippen LogP contribution < -0.4 is 5.73 Å². The Labute approximate surface area is 73.3 Å². The molecule has 0 saturated heterocycles. The van der Waals surface area contributed by atoms with Gasteiger partial charge in [-0.05, 0) is 12.1 Å². The highest BCUT2D eigenvalue weighted by Gasteiger charge is 2.37. The van der Waals surface area contributed by atoms with E-state index >= 15 is 0 Å². The van der Waals surface area contributed by atoms with Crippen molar-refractivity contribution in [1.82, 2.24) is 0 Å². The second kappa shape index (κ2) is 3.01. The summed E-state index contributed by atoms with van der Waals surface area (Å²) in [5, 5.41) is 15.7. The van der Waals surface area contributed by atoms with E-state index in [1.165, 1.54) is 12.1 Å². The standard InChI is InChI=1S/C8H8F2N2O/c9-8(10,7(11)12)5-3-1-2-4-6(5)13/h1-4,13H,(H3,11,12). The van der Waals surface area contributed by atoms with Crippen LogP contribution in [-0.2, 0) is 5.92 Å². The minimum absolute atomic E-state index is 0.567. The number of rotatable bonds is 2. The van der Waals surface area contributed by atoms with E-state index in [-0.39, 0.29) is 0 Å². The van der Waals surface area contributed by atoms with Gasteiger partial charge in [0.05, 0.1) is 5.56 Å². The Morgan fingerprint density at radius 3 is 2.38 bits per heavy atom. The van der Waals surface area contributed by atoms with Gasteiger partial charge in [-0.3, -0.25) is 5.41 Å². The SMILES string of the molecule is N=C(N)C(F)(F)c1ccccc1O. The first-order valence-electron chi connectivity index (χ1n) is 3.47. The summed E-state index contributed by atoms with van der Waals surface area (Å²) >= 11 is 0. The molecule has 0 spiro atoms.